The average molecular weight is 510 g/mol. The number of fused-ring (bicyclic) bond motifs is 1. The maximum atomic E-state index is 13.9. The quantitative estimate of drug-likeness (QED) is 0.439. The first-order chi connectivity index (χ1) is 16.3. The number of carbonyl (C=O) groups excluding carboxylic acids is 3. The summed E-state index contributed by atoms with van der Waals surface area (Å²) in [5.74, 6) is -4.81. The molecule has 3 aromatic carbocycles. The SMILES string of the molecule is NC(=O)c1cc(NC(=O)c2cc(F)cc(C(F)(F)F)c2)c2c(c1)C(=O)NC2c1cc(F)ccc1Cl. The molecular weight excluding hydrogens is 497 g/mol. The van der Waals surface area contributed by atoms with Crippen LogP contribution in [-0.4, -0.2) is 17.7 Å². The van der Waals surface area contributed by atoms with Gasteiger partial charge >= 0.3 is 6.18 Å². The smallest absolute Gasteiger partial charge is 0.366 e. The molecule has 3 amide bonds. The van der Waals surface area contributed by atoms with Crippen LogP contribution < -0.4 is 16.4 Å². The number of anilines is 1. The maximum absolute atomic E-state index is 13.9. The molecule has 1 heterocycles. The molecule has 0 saturated heterocycles. The van der Waals surface area contributed by atoms with Crippen molar-refractivity contribution < 1.29 is 36.3 Å². The Kier molecular flexibility index (Phi) is 5.97. The number of benzene rings is 3. The number of rotatable bonds is 4. The van der Waals surface area contributed by atoms with Gasteiger partial charge in [0.15, 0.2) is 0 Å². The zero-order valence-corrected chi connectivity index (χ0v) is 18.0. The Morgan fingerprint density at radius 2 is 1.69 bits per heavy atom. The minimum atomic E-state index is -4.92. The third-order valence-corrected chi connectivity index (χ3v) is 5.62. The lowest BCUT2D eigenvalue weighted by molar-refractivity contribution is -0.137. The van der Waals surface area contributed by atoms with Crippen molar-refractivity contribution in [3.8, 4) is 0 Å². The van der Waals surface area contributed by atoms with Gasteiger partial charge in [0.25, 0.3) is 11.8 Å². The van der Waals surface area contributed by atoms with Gasteiger partial charge < -0.3 is 16.4 Å². The lowest BCUT2D eigenvalue weighted by atomic mass is 9.94. The predicted molar refractivity (Wildman–Crippen MR) is 115 cm³/mol. The van der Waals surface area contributed by atoms with Crippen molar-refractivity contribution in [2.45, 2.75) is 12.2 Å². The molecular formula is C23H13ClF5N3O3. The van der Waals surface area contributed by atoms with Gasteiger partial charge in [-0.25, -0.2) is 8.78 Å². The highest BCUT2D eigenvalue weighted by Gasteiger charge is 2.36. The second kappa shape index (κ2) is 8.66. The van der Waals surface area contributed by atoms with Crippen molar-refractivity contribution >= 4 is 35.0 Å². The zero-order chi connectivity index (χ0) is 25.7. The van der Waals surface area contributed by atoms with Crippen LogP contribution >= 0.6 is 11.6 Å². The first-order valence-corrected chi connectivity index (χ1v) is 10.2. The molecule has 35 heavy (non-hydrogen) atoms. The summed E-state index contributed by atoms with van der Waals surface area (Å²) >= 11 is 6.18. The molecule has 1 unspecified atom stereocenters. The van der Waals surface area contributed by atoms with Gasteiger partial charge in [-0.05, 0) is 48.5 Å². The molecule has 0 fully saturated rings. The van der Waals surface area contributed by atoms with Crippen LogP contribution in [0.4, 0.5) is 27.6 Å². The second-order valence-corrected chi connectivity index (χ2v) is 8.01. The van der Waals surface area contributed by atoms with Crippen molar-refractivity contribution in [3.05, 3.63) is 98.6 Å². The zero-order valence-electron chi connectivity index (χ0n) is 17.3. The third kappa shape index (κ3) is 4.67. The van der Waals surface area contributed by atoms with E-state index in [0.717, 1.165) is 24.3 Å². The number of alkyl halides is 3. The van der Waals surface area contributed by atoms with E-state index in [1.54, 1.807) is 0 Å². The lowest BCUT2D eigenvalue weighted by Gasteiger charge is -2.19. The summed E-state index contributed by atoms with van der Waals surface area (Å²) in [6, 6.07) is 5.82. The number of nitrogens with two attached hydrogens (primary N) is 1. The molecule has 180 valence electrons. The summed E-state index contributed by atoms with van der Waals surface area (Å²) in [6.07, 6.45) is -4.92. The Morgan fingerprint density at radius 3 is 2.34 bits per heavy atom. The number of hydrogen-bond acceptors (Lipinski definition) is 3. The molecule has 1 atom stereocenters. The minimum absolute atomic E-state index is 0.0632. The minimum Gasteiger partial charge on any atom is -0.366 e. The Hall–Kier alpha value is -3.99. The molecule has 3 aromatic rings. The van der Waals surface area contributed by atoms with E-state index in [1.165, 1.54) is 6.07 Å². The highest BCUT2D eigenvalue weighted by molar-refractivity contribution is 6.31. The van der Waals surface area contributed by atoms with Gasteiger partial charge in [-0.1, -0.05) is 11.6 Å². The first kappa shape index (κ1) is 24.1. The van der Waals surface area contributed by atoms with E-state index >= 15 is 0 Å². The van der Waals surface area contributed by atoms with Crippen molar-refractivity contribution in [2.75, 3.05) is 5.32 Å². The Balaban J connectivity index is 1.84. The van der Waals surface area contributed by atoms with Crippen LogP contribution in [-0.2, 0) is 6.18 Å². The Bertz CT molecular complexity index is 1410. The van der Waals surface area contributed by atoms with Crippen LogP contribution in [0.25, 0.3) is 0 Å². The van der Waals surface area contributed by atoms with E-state index in [2.05, 4.69) is 10.6 Å². The van der Waals surface area contributed by atoms with Crippen LogP contribution in [0.1, 0.15) is 53.8 Å². The van der Waals surface area contributed by atoms with Crippen LogP contribution in [0.2, 0.25) is 5.02 Å². The van der Waals surface area contributed by atoms with Gasteiger partial charge in [-0.2, -0.15) is 13.2 Å². The van der Waals surface area contributed by atoms with E-state index < -0.39 is 52.7 Å². The van der Waals surface area contributed by atoms with Crippen molar-refractivity contribution in [1.82, 2.24) is 5.32 Å². The fraction of sp³-hybridized carbons (Fsp3) is 0.0870. The van der Waals surface area contributed by atoms with E-state index in [9.17, 15) is 36.3 Å². The molecule has 0 aromatic heterocycles. The van der Waals surface area contributed by atoms with Gasteiger partial charge in [0.2, 0.25) is 5.91 Å². The van der Waals surface area contributed by atoms with Gasteiger partial charge in [-0.15, -0.1) is 0 Å². The van der Waals surface area contributed by atoms with Crippen LogP contribution in [0.15, 0.2) is 48.5 Å². The van der Waals surface area contributed by atoms with Crippen LogP contribution in [0.5, 0.6) is 0 Å². The highest BCUT2D eigenvalue weighted by Crippen LogP contribution is 2.40. The normalized spacial score (nSPS) is 14.9. The summed E-state index contributed by atoms with van der Waals surface area (Å²) in [7, 11) is 0. The van der Waals surface area contributed by atoms with Crippen molar-refractivity contribution in [3.63, 3.8) is 0 Å². The third-order valence-electron chi connectivity index (χ3n) is 5.28. The molecule has 0 spiro atoms. The first-order valence-electron chi connectivity index (χ1n) is 9.78. The molecule has 0 aliphatic carbocycles. The molecule has 0 saturated carbocycles. The molecule has 4 rings (SSSR count). The fourth-order valence-electron chi connectivity index (χ4n) is 3.73. The summed E-state index contributed by atoms with van der Waals surface area (Å²) in [5.41, 5.74) is 2.94. The number of primary amides is 1. The Morgan fingerprint density at radius 1 is 0.971 bits per heavy atom. The van der Waals surface area contributed by atoms with Crippen LogP contribution in [0, 0.1) is 11.6 Å². The average Bonchev–Trinajstić information content (AvgIpc) is 3.11. The Labute approximate surface area is 198 Å². The highest BCUT2D eigenvalue weighted by atomic mass is 35.5. The van der Waals surface area contributed by atoms with Crippen LogP contribution in [0.3, 0.4) is 0 Å². The maximum Gasteiger partial charge on any atom is 0.416 e. The molecule has 1 aliphatic heterocycles. The standard InChI is InChI=1S/C23H13ClF5N3O3/c24-16-2-1-12(25)8-14(16)19-18-15(22(35)32-19)5-9(20(30)33)6-17(18)31-21(34)10-3-11(23(27,28)29)7-13(26)4-10/h1-8,19H,(H2,30,33)(H,31,34)(H,32,35). The van der Waals surface area contributed by atoms with Crippen molar-refractivity contribution in [1.29, 1.82) is 0 Å². The summed E-state index contributed by atoms with van der Waals surface area (Å²) in [4.78, 5) is 37.3. The number of amides is 3. The molecule has 12 heteroatoms. The van der Waals surface area contributed by atoms with Crippen molar-refractivity contribution in [2.24, 2.45) is 5.73 Å². The van der Waals surface area contributed by atoms with Gasteiger partial charge in [0.1, 0.15) is 11.6 Å². The molecule has 1 aliphatic rings. The van der Waals surface area contributed by atoms with E-state index in [-0.39, 0.29) is 39.0 Å². The topological polar surface area (TPSA) is 101 Å². The van der Waals surface area contributed by atoms with Gasteiger partial charge in [-0.3, -0.25) is 14.4 Å². The number of hydrogen-bond donors (Lipinski definition) is 3. The van der Waals surface area contributed by atoms with Gasteiger partial charge in [0, 0.05) is 38.5 Å². The fourth-order valence-corrected chi connectivity index (χ4v) is 3.95. The van der Waals surface area contributed by atoms with E-state index in [0.29, 0.717) is 12.1 Å². The summed E-state index contributed by atoms with van der Waals surface area (Å²) in [5, 5.41) is 4.93. The predicted octanol–water partition coefficient (Wildman–Crippen LogP) is 4.82. The summed E-state index contributed by atoms with van der Waals surface area (Å²) < 4.78 is 67.0. The number of carbonyl (C=O) groups is 3. The monoisotopic (exact) mass is 509 g/mol. The molecule has 4 N–H and O–H groups in total. The molecule has 0 bridgehead atoms. The number of nitrogens with one attached hydrogen (secondary N) is 2. The largest absolute Gasteiger partial charge is 0.416 e. The second-order valence-electron chi connectivity index (χ2n) is 7.60. The number of halogens is 6. The molecule has 6 nitrogen and oxygen atoms in total. The summed E-state index contributed by atoms with van der Waals surface area (Å²) in [6.45, 7) is 0. The van der Waals surface area contributed by atoms with Gasteiger partial charge in [0.05, 0.1) is 11.6 Å². The van der Waals surface area contributed by atoms with E-state index in [4.69, 9.17) is 17.3 Å². The van der Waals surface area contributed by atoms with E-state index in [1.807, 2.05) is 0 Å². The lowest BCUT2D eigenvalue weighted by Crippen LogP contribution is -2.21. The molecule has 0 radical (unpaired) electrons.